The lowest BCUT2D eigenvalue weighted by Crippen LogP contribution is -2.41. The number of halogens is 1. The molecule has 2 saturated heterocycles. The van der Waals surface area contributed by atoms with Crippen molar-refractivity contribution in [3.63, 3.8) is 0 Å². The first kappa shape index (κ1) is 23.5. The molecule has 0 bridgehead atoms. The SMILES string of the molecule is O=C(CN1CCOCC1)Nc1ccc(-c2nc(Cl)c3c(n2)N(CCCN2CCCC2)CC3)cc1. The highest BCUT2D eigenvalue weighted by molar-refractivity contribution is 6.30. The Kier molecular flexibility index (Phi) is 7.59. The van der Waals surface area contributed by atoms with Crippen LogP contribution in [0, 0.1) is 0 Å². The summed E-state index contributed by atoms with van der Waals surface area (Å²) in [6.45, 7) is 8.87. The zero-order valence-corrected chi connectivity index (χ0v) is 20.4. The van der Waals surface area contributed by atoms with Crippen molar-refractivity contribution in [2.75, 3.05) is 75.8 Å². The van der Waals surface area contributed by atoms with Crippen LogP contribution < -0.4 is 10.2 Å². The number of amides is 1. The maximum atomic E-state index is 12.4. The quantitative estimate of drug-likeness (QED) is 0.577. The highest BCUT2D eigenvalue weighted by atomic mass is 35.5. The van der Waals surface area contributed by atoms with E-state index < -0.39 is 0 Å². The fourth-order valence-corrected chi connectivity index (χ4v) is 5.24. The number of morpholine rings is 1. The van der Waals surface area contributed by atoms with Gasteiger partial charge in [-0.15, -0.1) is 0 Å². The first-order valence-corrected chi connectivity index (χ1v) is 12.8. The molecule has 0 atom stereocenters. The number of rotatable bonds is 8. The number of likely N-dealkylation sites (tertiary alicyclic amines) is 1. The average molecular weight is 485 g/mol. The van der Waals surface area contributed by atoms with Crippen molar-refractivity contribution in [3.8, 4) is 11.4 Å². The average Bonchev–Trinajstić information content (AvgIpc) is 3.51. The molecule has 1 N–H and O–H groups in total. The Hall–Kier alpha value is -2.26. The van der Waals surface area contributed by atoms with E-state index in [1.54, 1.807) is 0 Å². The molecule has 182 valence electrons. The fraction of sp³-hybridized carbons (Fsp3) is 0.560. The molecule has 34 heavy (non-hydrogen) atoms. The van der Waals surface area contributed by atoms with E-state index in [1.165, 1.54) is 25.9 Å². The number of ether oxygens (including phenoxy) is 1. The lowest BCUT2D eigenvalue weighted by Gasteiger charge is -2.25. The smallest absolute Gasteiger partial charge is 0.238 e. The van der Waals surface area contributed by atoms with E-state index in [0.717, 1.165) is 68.2 Å². The Morgan fingerprint density at radius 3 is 2.50 bits per heavy atom. The van der Waals surface area contributed by atoms with E-state index >= 15 is 0 Å². The molecule has 0 aliphatic carbocycles. The molecule has 0 saturated carbocycles. The first-order valence-electron chi connectivity index (χ1n) is 12.4. The van der Waals surface area contributed by atoms with Crippen LogP contribution in [0.3, 0.4) is 0 Å². The second-order valence-electron chi connectivity index (χ2n) is 9.29. The van der Waals surface area contributed by atoms with Gasteiger partial charge in [0.2, 0.25) is 5.91 Å². The lowest BCUT2D eigenvalue weighted by molar-refractivity contribution is -0.118. The topological polar surface area (TPSA) is 73.8 Å². The van der Waals surface area contributed by atoms with Crippen LogP contribution in [0.25, 0.3) is 11.4 Å². The second-order valence-corrected chi connectivity index (χ2v) is 9.65. The van der Waals surface area contributed by atoms with Crippen LogP contribution in [-0.4, -0.2) is 91.2 Å². The maximum Gasteiger partial charge on any atom is 0.238 e. The molecule has 0 unspecified atom stereocenters. The van der Waals surface area contributed by atoms with Crippen LogP contribution in [0.1, 0.15) is 24.8 Å². The molecule has 0 radical (unpaired) electrons. The molecule has 1 aromatic carbocycles. The van der Waals surface area contributed by atoms with Crippen LogP contribution in [0.2, 0.25) is 5.15 Å². The molecule has 2 aromatic rings. The van der Waals surface area contributed by atoms with Gasteiger partial charge in [-0.1, -0.05) is 11.6 Å². The van der Waals surface area contributed by atoms with Gasteiger partial charge in [-0.2, -0.15) is 0 Å². The maximum absolute atomic E-state index is 12.4. The number of nitrogens with zero attached hydrogens (tertiary/aromatic N) is 5. The number of carbonyl (C=O) groups is 1. The normalized spacial score (nSPS) is 18.9. The van der Waals surface area contributed by atoms with Gasteiger partial charge in [0.15, 0.2) is 5.82 Å². The highest BCUT2D eigenvalue weighted by Gasteiger charge is 2.25. The van der Waals surface area contributed by atoms with Crippen molar-refractivity contribution < 1.29 is 9.53 Å². The van der Waals surface area contributed by atoms with E-state index in [9.17, 15) is 4.79 Å². The van der Waals surface area contributed by atoms with Crippen LogP contribution in [0.4, 0.5) is 11.5 Å². The van der Waals surface area contributed by atoms with Gasteiger partial charge < -0.3 is 19.9 Å². The minimum absolute atomic E-state index is 0.0175. The highest BCUT2D eigenvalue weighted by Crippen LogP contribution is 2.33. The van der Waals surface area contributed by atoms with Gasteiger partial charge in [-0.3, -0.25) is 9.69 Å². The minimum atomic E-state index is -0.0175. The zero-order chi connectivity index (χ0) is 23.3. The van der Waals surface area contributed by atoms with Crippen molar-refractivity contribution in [3.05, 3.63) is 35.0 Å². The predicted octanol–water partition coefficient (Wildman–Crippen LogP) is 2.92. The van der Waals surface area contributed by atoms with Gasteiger partial charge in [-0.05, 0) is 69.6 Å². The molecule has 2 fully saturated rings. The number of hydrogen-bond acceptors (Lipinski definition) is 7. The first-order chi connectivity index (χ1) is 16.7. The Labute approximate surface area is 206 Å². The fourth-order valence-electron chi connectivity index (χ4n) is 4.98. The van der Waals surface area contributed by atoms with Crippen molar-refractivity contribution in [2.24, 2.45) is 0 Å². The monoisotopic (exact) mass is 484 g/mol. The molecule has 3 aliphatic heterocycles. The Morgan fingerprint density at radius 2 is 1.74 bits per heavy atom. The zero-order valence-electron chi connectivity index (χ0n) is 19.6. The summed E-state index contributed by atoms with van der Waals surface area (Å²) in [5, 5.41) is 3.52. The number of benzene rings is 1. The van der Waals surface area contributed by atoms with Crippen molar-refractivity contribution in [2.45, 2.75) is 25.7 Å². The number of aromatic nitrogens is 2. The molecular weight excluding hydrogens is 452 g/mol. The van der Waals surface area contributed by atoms with E-state index in [4.69, 9.17) is 21.3 Å². The summed E-state index contributed by atoms with van der Waals surface area (Å²) in [5.74, 6) is 1.58. The van der Waals surface area contributed by atoms with E-state index in [-0.39, 0.29) is 5.91 Å². The molecular formula is C25H33ClN6O2. The molecule has 1 aromatic heterocycles. The molecule has 9 heteroatoms. The van der Waals surface area contributed by atoms with Crippen molar-refractivity contribution in [1.82, 2.24) is 19.8 Å². The van der Waals surface area contributed by atoms with Gasteiger partial charge in [0.25, 0.3) is 0 Å². The van der Waals surface area contributed by atoms with E-state index in [1.807, 2.05) is 24.3 Å². The van der Waals surface area contributed by atoms with Gasteiger partial charge in [0, 0.05) is 43.0 Å². The third kappa shape index (κ3) is 5.68. The van der Waals surface area contributed by atoms with Crippen LogP contribution in [-0.2, 0) is 16.0 Å². The predicted molar refractivity (Wildman–Crippen MR) is 135 cm³/mol. The van der Waals surface area contributed by atoms with Crippen LogP contribution in [0.15, 0.2) is 24.3 Å². The van der Waals surface area contributed by atoms with Crippen LogP contribution >= 0.6 is 11.6 Å². The van der Waals surface area contributed by atoms with Gasteiger partial charge in [-0.25, -0.2) is 9.97 Å². The summed E-state index contributed by atoms with van der Waals surface area (Å²) < 4.78 is 5.34. The third-order valence-electron chi connectivity index (χ3n) is 6.86. The van der Waals surface area contributed by atoms with Crippen molar-refractivity contribution in [1.29, 1.82) is 0 Å². The third-order valence-corrected chi connectivity index (χ3v) is 7.18. The van der Waals surface area contributed by atoms with Gasteiger partial charge in [0.05, 0.1) is 19.8 Å². The Morgan fingerprint density at radius 1 is 0.971 bits per heavy atom. The van der Waals surface area contributed by atoms with Crippen LogP contribution in [0.5, 0.6) is 0 Å². The van der Waals surface area contributed by atoms with Gasteiger partial charge in [0.1, 0.15) is 11.0 Å². The Bertz CT molecular complexity index is 990. The Balaban J connectivity index is 1.21. The molecule has 8 nitrogen and oxygen atoms in total. The lowest BCUT2D eigenvalue weighted by atomic mass is 10.2. The number of carbonyl (C=O) groups excluding carboxylic acids is 1. The minimum Gasteiger partial charge on any atom is -0.379 e. The number of nitrogens with one attached hydrogen (secondary N) is 1. The summed E-state index contributed by atoms with van der Waals surface area (Å²) in [5.41, 5.74) is 2.70. The summed E-state index contributed by atoms with van der Waals surface area (Å²) in [6, 6.07) is 7.67. The molecule has 5 rings (SSSR count). The summed E-state index contributed by atoms with van der Waals surface area (Å²) in [4.78, 5) is 28.8. The molecule has 0 spiro atoms. The van der Waals surface area contributed by atoms with Crippen molar-refractivity contribution >= 4 is 29.0 Å². The second kappa shape index (κ2) is 11.0. The number of anilines is 2. The summed E-state index contributed by atoms with van der Waals surface area (Å²) in [6.07, 6.45) is 4.69. The summed E-state index contributed by atoms with van der Waals surface area (Å²) in [7, 11) is 0. The summed E-state index contributed by atoms with van der Waals surface area (Å²) >= 11 is 6.56. The molecule has 1 amide bonds. The molecule has 3 aliphatic rings. The standard InChI is InChI=1S/C25H33ClN6O2/c26-23-21-8-13-32(12-3-11-30-9-1-2-10-30)25(21)29-24(28-23)19-4-6-20(7-5-19)27-22(33)18-31-14-16-34-17-15-31/h4-7H,1-3,8-18H2,(H,27,33). The number of hydrogen-bond donors (Lipinski definition) is 1. The number of fused-ring (bicyclic) bond motifs is 1. The van der Waals surface area contributed by atoms with Gasteiger partial charge >= 0.3 is 0 Å². The molecule has 4 heterocycles. The van der Waals surface area contributed by atoms with E-state index in [0.29, 0.717) is 30.7 Å². The largest absolute Gasteiger partial charge is 0.379 e. The van der Waals surface area contributed by atoms with E-state index in [2.05, 4.69) is 25.0 Å².